The van der Waals surface area contributed by atoms with Gasteiger partial charge in [0.15, 0.2) is 0 Å². The summed E-state index contributed by atoms with van der Waals surface area (Å²) in [5, 5.41) is 0.804. The Morgan fingerprint density at radius 3 is 2.36 bits per heavy atom. The predicted molar refractivity (Wildman–Crippen MR) is 132 cm³/mol. The van der Waals surface area contributed by atoms with Crippen LogP contribution in [0.25, 0.3) is 10.8 Å². The van der Waals surface area contributed by atoms with Gasteiger partial charge in [-0.25, -0.2) is 9.18 Å². The molecular formula is C29H41FO3. The molecule has 0 N–H and O–H groups in total. The third kappa shape index (κ3) is 6.07. The molecule has 4 heteroatoms. The predicted octanol–water partition coefficient (Wildman–Crippen LogP) is 7.78. The fourth-order valence-corrected chi connectivity index (χ4v) is 6.23. The molecule has 0 atom stereocenters. The van der Waals surface area contributed by atoms with E-state index in [9.17, 15) is 4.79 Å². The molecule has 33 heavy (non-hydrogen) atoms. The first-order chi connectivity index (χ1) is 16.1. The average Bonchev–Trinajstić information content (AvgIpc) is 2.82. The number of aryl methyl sites for hydroxylation is 1. The summed E-state index contributed by atoms with van der Waals surface area (Å²) >= 11 is 0. The smallest absolute Gasteiger partial charge is 0.346 e. The molecule has 2 aliphatic rings. The minimum Gasteiger partial charge on any atom is -0.427 e. The Morgan fingerprint density at radius 1 is 0.970 bits per heavy atom. The summed E-state index contributed by atoms with van der Waals surface area (Å²) in [5.74, 6) is 3.08. The van der Waals surface area contributed by atoms with Crippen molar-refractivity contribution in [1.29, 1.82) is 0 Å². The van der Waals surface area contributed by atoms with Gasteiger partial charge < -0.3 is 9.15 Å². The van der Waals surface area contributed by atoms with Crippen molar-refractivity contribution < 1.29 is 13.5 Å². The first-order valence-electron chi connectivity index (χ1n) is 13.4. The van der Waals surface area contributed by atoms with Gasteiger partial charge >= 0.3 is 5.63 Å². The summed E-state index contributed by atoms with van der Waals surface area (Å²) in [6.07, 6.45) is 13.6. The maximum absolute atomic E-state index is 15.5. The van der Waals surface area contributed by atoms with E-state index in [0.29, 0.717) is 23.1 Å². The van der Waals surface area contributed by atoms with Gasteiger partial charge in [0.05, 0.1) is 0 Å². The molecule has 2 aromatic rings. The van der Waals surface area contributed by atoms with Crippen LogP contribution in [0.2, 0.25) is 0 Å². The van der Waals surface area contributed by atoms with Crippen molar-refractivity contribution in [3.8, 4) is 0 Å². The second-order valence-electron chi connectivity index (χ2n) is 10.6. The van der Waals surface area contributed by atoms with Crippen LogP contribution < -0.4 is 5.63 Å². The second-order valence-corrected chi connectivity index (χ2v) is 10.6. The summed E-state index contributed by atoms with van der Waals surface area (Å²) in [7, 11) is 0. The lowest BCUT2D eigenvalue weighted by atomic mass is 9.68. The van der Waals surface area contributed by atoms with E-state index in [-0.39, 0.29) is 17.1 Å². The fraction of sp³-hybridized carbons (Fsp3) is 0.690. The molecule has 0 saturated heterocycles. The molecule has 1 aromatic heterocycles. The van der Waals surface area contributed by atoms with Gasteiger partial charge in [-0.05, 0) is 99.0 Å². The van der Waals surface area contributed by atoms with Crippen LogP contribution >= 0.6 is 0 Å². The number of hydrogen-bond donors (Lipinski definition) is 0. The van der Waals surface area contributed by atoms with Crippen LogP contribution in [0.15, 0.2) is 27.4 Å². The Morgan fingerprint density at radius 2 is 1.67 bits per heavy atom. The van der Waals surface area contributed by atoms with Gasteiger partial charge in [-0.2, -0.15) is 0 Å². The van der Waals surface area contributed by atoms with Crippen molar-refractivity contribution in [1.82, 2.24) is 0 Å². The van der Waals surface area contributed by atoms with E-state index in [1.54, 1.807) is 0 Å². The molecule has 1 heterocycles. The Bertz CT molecular complexity index is 949. The molecule has 0 radical (unpaired) electrons. The van der Waals surface area contributed by atoms with E-state index in [1.807, 2.05) is 25.1 Å². The van der Waals surface area contributed by atoms with Crippen molar-refractivity contribution in [2.75, 3.05) is 13.2 Å². The van der Waals surface area contributed by atoms with Gasteiger partial charge in [-0.3, -0.25) is 0 Å². The zero-order valence-corrected chi connectivity index (χ0v) is 20.5. The molecule has 182 valence electrons. The van der Waals surface area contributed by atoms with E-state index in [1.165, 1.54) is 38.5 Å². The topological polar surface area (TPSA) is 39.4 Å². The molecule has 0 unspecified atom stereocenters. The normalized spacial score (nSPS) is 26.0. The van der Waals surface area contributed by atoms with Crippen LogP contribution in [0.5, 0.6) is 0 Å². The van der Waals surface area contributed by atoms with Crippen molar-refractivity contribution in [3.05, 3.63) is 45.8 Å². The van der Waals surface area contributed by atoms with E-state index < -0.39 is 5.63 Å². The number of fused-ring (bicyclic) bond motifs is 1. The number of halogens is 1. The van der Waals surface area contributed by atoms with E-state index in [4.69, 9.17) is 9.15 Å². The van der Waals surface area contributed by atoms with Crippen LogP contribution in [0.4, 0.5) is 4.39 Å². The Hall–Kier alpha value is -1.68. The highest BCUT2D eigenvalue weighted by atomic mass is 19.1. The zero-order valence-electron chi connectivity index (χ0n) is 20.5. The number of hydrogen-bond acceptors (Lipinski definition) is 3. The monoisotopic (exact) mass is 456 g/mol. The molecule has 2 saturated carbocycles. The molecule has 2 fully saturated rings. The van der Waals surface area contributed by atoms with Gasteiger partial charge in [0, 0.05) is 19.6 Å². The summed E-state index contributed by atoms with van der Waals surface area (Å²) in [6, 6.07) is 5.71. The number of ether oxygens (including phenoxy) is 1. The zero-order chi connectivity index (χ0) is 23.2. The summed E-state index contributed by atoms with van der Waals surface area (Å²) in [5.41, 5.74) is 0.190. The largest absolute Gasteiger partial charge is 0.427 e. The quantitative estimate of drug-likeness (QED) is 0.362. The van der Waals surface area contributed by atoms with Crippen LogP contribution in [-0.4, -0.2) is 13.2 Å². The molecule has 0 amide bonds. The lowest BCUT2D eigenvalue weighted by Gasteiger charge is -2.37. The molecule has 4 rings (SSSR count). The maximum Gasteiger partial charge on any atom is 0.346 e. The van der Waals surface area contributed by atoms with Gasteiger partial charge in [0.2, 0.25) is 0 Å². The van der Waals surface area contributed by atoms with Gasteiger partial charge in [-0.1, -0.05) is 38.3 Å². The third-order valence-corrected chi connectivity index (χ3v) is 8.30. The van der Waals surface area contributed by atoms with Crippen LogP contribution in [0.1, 0.15) is 102 Å². The molecule has 2 aliphatic carbocycles. The highest BCUT2D eigenvalue weighted by Gasteiger charge is 2.31. The van der Waals surface area contributed by atoms with Crippen LogP contribution in [0, 0.1) is 23.6 Å². The van der Waals surface area contributed by atoms with Crippen LogP contribution in [-0.2, 0) is 11.2 Å². The number of rotatable bonds is 9. The molecule has 0 spiro atoms. The van der Waals surface area contributed by atoms with Crippen molar-refractivity contribution >= 4 is 10.8 Å². The van der Waals surface area contributed by atoms with Crippen molar-refractivity contribution in [2.24, 2.45) is 17.8 Å². The highest BCUT2D eigenvalue weighted by Crippen LogP contribution is 2.44. The van der Waals surface area contributed by atoms with Gasteiger partial charge in [0.1, 0.15) is 17.0 Å². The van der Waals surface area contributed by atoms with Crippen molar-refractivity contribution in [2.45, 2.75) is 96.8 Å². The molecule has 0 bridgehead atoms. The Labute approximate surface area is 198 Å². The summed E-state index contributed by atoms with van der Waals surface area (Å²) in [4.78, 5) is 12.7. The molecule has 1 aromatic carbocycles. The molecule has 0 aliphatic heterocycles. The van der Waals surface area contributed by atoms with Crippen molar-refractivity contribution in [3.63, 3.8) is 0 Å². The maximum atomic E-state index is 15.5. The second kappa shape index (κ2) is 11.6. The minimum atomic E-state index is -0.527. The standard InChI is InChI=1S/C29H41FO3/c1-3-32-18-6-4-5-7-25-19-24-16-17-26(28(30)27(24)29(31)33-25)23-14-12-22(13-15-23)21-10-8-20(2)9-11-21/h16-17,19-23H,3-15,18H2,1-2H3. The van der Waals surface area contributed by atoms with Crippen LogP contribution in [0.3, 0.4) is 0 Å². The Kier molecular flexibility index (Phi) is 8.62. The minimum absolute atomic E-state index is 0.135. The molecule has 3 nitrogen and oxygen atoms in total. The highest BCUT2D eigenvalue weighted by molar-refractivity contribution is 5.83. The first-order valence-corrected chi connectivity index (χ1v) is 13.4. The van der Waals surface area contributed by atoms with E-state index in [2.05, 4.69) is 6.92 Å². The lowest BCUT2D eigenvalue weighted by molar-refractivity contribution is 0.143. The fourth-order valence-electron chi connectivity index (χ4n) is 6.23. The third-order valence-electron chi connectivity index (χ3n) is 8.30. The summed E-state index contributed by atoms with van der Waals surface area (Å²) in [6.45, 7) is 5.89. The number of benzene rings is 1. The Balaban J connectivity index is 1.39. The van der Waals surface area contributed by atoms with E-state index in [0.717, 1.165) is 63.1 Å². The summed E-state index contributed by atoms with van der Waals surface area (Å²) < 4.78 is 26.4. The van der Waals surface area contributed by atoms with Gasteiger partial charge in [0.25, 0.3) is 0 Å². The first kappa shape index (κ1) is 24.4. The van der Waals surface area contributed by atoms with Gasteiger partial charge in [-0.15, -0.1) is 0 Å². The lowest BCUT2D eigenvalue weighted by Crippen LogP contribution is -2.25. The SMILES string of the molecule is CCOCCCCCc1cc2ccc(C3CCC(C4CCC(C)CC4)CC3)c(F)c2c(=O)o1. The number of unbranched alkanes of at least 4 members (excludes halogenated alkanes) is 2. The average molecular weight is 457 g/mol. The van der Waals surface area contributed by atoms with E-state index >= 15 is 4.39 Å². The molecular weight excluding hydrogens is 415 g/mol.